The highest BCUT2D eigenvalue weighted by Crippen LogP contribution is 2.39. The van der Waals surface area contributed by atoms with E-state index in [-0.39, 0.29) is 22.8 Å². The van der Waals surface area contributed by atoms with Gasteiger partial charge in [-0.25, -0.2) is 4.39 Å². The summed E-state index contributed by atoms with van der Waals surface area (Å²) in [6.45, 7) is 4.31. The second-order valence-corrected chi connectivity index (χ2v) is 8.30. The first-order valence-corrected chi connectivity index (χ1v) is 10.6. The quantitative estimate of drug-likeness (QED) is 0.854. The first-order valence-electron chi connectivity index (χ1n) is 9.53. The van der Waals surface area contributed by atoms with Crippen LogP contribution in [0.1, 0.15) is 10.9 Å². The minimum absolute atomic E-state index is 0.0661. The molecular weight excluding hydrogens is 377 g/mol. The zero-order valence-corrected chi connectivity index (χ0v) is 16.4. The van der Waals surface area contributed by atoms with E-state index in [0.29, 0.717) is 18.7 Å². The molecule has 2 saturated heterocycles. The van der Waals surface area contributed by atoms with Crippen molar-refractivity contribution in [3.05, 3.63) is 59.9 Å². The summed E-state index contributed by atoms with van der Waals surface area (Å²) in [5.41, 5.74) is 1.68. The van der Waals surface area contributed by atoms with Gasteiger partial charge in [-0.3, -0.25) is 9.69 Å². The lowest BCUT2D eigenvalue weighted by atomic mass is 10.2. The van der Waals surface area contributed by atoms with Crippen LogP contribution in [0.4, 0.5) is 10.1 Å². The minimum Gasteiger partial charge on any atom is -0.508 e. The molecule has 7 heteroatoms. The molecule has 1 atom stereocenters. The Morgan fingerprint density at radius 3 is 2.46 bits per heavy atom. The van der Waals surface area contributed by atoms with Crippen LogP contribution in [0, 0.1) is 5.82 Å². The summed E-state index contributed by atoms with van der Waals surface area (Å²) in [5.74, 6) is 0.916. The van der Waals surface area contributed by atoms with Gasteiger partial charge in [0.05, 0.1) is 6.54 Å². The zero-order chi connectivity index (χ0) is 19.5. The zero-order valence-electron chi connectivity index (χ0n) is 15.6. The fraction of sp³-hybridized carbons (Fsp3) is 0.381. The van der Waals surface area contributed by atoms with Gasteiger partial charge >= 0.3 is 0 Å². The topological polar surface area (TPSA) is 47.0 Å². The Balaban J connectivity index is 1.34. The standard InChI is InChI=1S/C21H24FN3O2S/c22-19-4-2-1-3-18(19)21-25(13-14-28-21)20(27)15-23-9-11-24(12-10-23)16-5-7-17(26)8-6-16/h1-8,21,26H,9-15H2/t21-/m1/s1. The van der Waals surface area contributed by atoms with E-state index >= 15 is 0 Å². The van der Waals surface area contributed by atoms with Crippen LogP contribution in [0.5, 0.6) is 5.75 Å². The van der Waals surface area contributed by atoms with Crippen LogP contribution in [0.25, 0.3) is 0 Å². The summed E-state index contributed by atoms with van der Waals surface area (Å²) in [6, 6.07) is 13.9. The van der Waals surface area contributed by atoms with E-state index in [4.69, 9.17) is 0 Å². The molecule has 1 amide bonds. The van der Waals surface area contributed by atoms with Crippen molar-refractivity contribution >= 4 is 23.4 Å². The number of halogens is 1. The lowest BCUT2D eigenvalue weighted by molar-refractivity contribution is -0.132. The molecular formula is C21H24FN3O2S. The van der Waals surface area contributed by atoms with Crippen LogP contribution < -0.4 is 4.90 Å². The van der Waals surface area contributed by atoms with Crippen LogP contribution in [-0.4, -0.2) is 65.8 Å². The van der Waals surface area contributed by atoms with Crippen LogP contribution in [0.2, 0.25) is 0 Å². The maximum Gasteiger partial charge on any atom is 0.237 e. The highest BCUT2D eigenvalue weighted by atomic mass is 32.2. The van der Waals surface area contributed by atoms with Crippen molar-refractivity contribution in [1.82, 2.24) is 9.80 Å². The number of hydrogen-bond acceptors (Lipinski definition) is 5. The van der Waals surface area contributed by atoms with Crippen molar-refractivity contribution in [3.8, 4) is 5.75 Å². The molecule has 0 spiro atoms. The van der Waals surface area contributed by atoms with Gasteiger partial charge in [0.2, 0.25) is 5.91 Å². The summed E-state index contributed by atoms with van der Waals surface area (Å²) in [5, 5.41) is 9.20. The molecule has 2 aromatic rings. The highest BCUT2D eigenvalue weighted by Gasteiger charge is 2.33. The largest absolute Gasteiger partial charge is 0.508 e. The van der Waals surface area contributed by atoms with Crippen molar-refractivity contribution < 1.29 is 14.3 Å². The first kappa shape index (κ1) is 19.1. The molecule has 2 aliphatic heterocycles. The highest BCUT2D eigenvalue weighted by molar-refractivity contribution is 7.99. The number of carbonyl (C=O) groups is 1. The number of amides is 1. The molecule has 2 fully saturated rings. The van der Waals surface area contributed by atoms with Gasteiger partial charge in [-0.05, 0) is 30.3 Å². The monoisotopic (exact) mass is 401 g/mol. The Labute approximate surface area is 168 Å². The first-order chi connectivity index (χ1) is 13.6. The predicted octanol–water partition coefficient (Wildman–Crippen LogP) is 2.93. The van der Waals surface area contributed by atoms with Gasteiger partial charge in [0, 0.05) is 49.7 Å². The number of nitrogens with zero attached hydrogens (tertiary/aromatic N) is 3. The van der Waals surface area contributed by atoms with Crippen molar-refractivity contribution in [2.45, 2.75) is 5.37 Å². The maximum absolute atomic E-state index is 14.2. The lowest BCUT2D eigenvalue weighted by Gasteiger charge is -2.36. The van der Waals surface area contributed by atoms with E-state index in [9.17, 15) is 14.3 Å². The second kappa shape index (κ2) is 8.41. The molecule has 28 heavy (non-hydrogen) atoms. The van der Waals surface area contributed by atoms with Crippen LogP contribution in [-0.2, 0) is 4.79 Å². The van der Waals surface area contributed by atoms with Crippen molar-refractivity contribution in [3.63, 3.8) is 0 Å². The van der Waals surface area contributed by atoms with E-state index in [2.05, 4.69) is 9.80 Å². The minimum atomic E-state index is -0.248. The molecule has 0 unspecified atom stereocenters. The van der Waals surface area contributed by atoms with Gasteiger partial charge in [-0.1, -0.05) is 18.2 Å². The third kappa shape index (κ3) is 4.10. The van der Waals surface area contributed by atoms with Crippen molar-refractivity contribution in [2.24, 2.45) is 0 Å². The number of thioether (sulfide) groups is 1. The Bertz CT molecular complexity index is 825. The molecule has 0 aromatic heterocycles. The fourth-order valence-corrected chi connectivity index (χ4v) is 5.07. The Morgan fingerprint density at radius 1 is 1.04 bits per heavy atom. The molecule has 2 aromatic carbocycles. The molecule has 2 heterocycles. The van der Waals surface area contributed by atoms with E-state index < -0.39 is 0 Å². The van der Waals surface area contributed by atoms with E-state index in [1.165, 1.54) is 6.07 Å². The average molecular weight is 402 g/mol. The molecule has 0 radical (unpaired) electrons. The van der Waals surface area contributed by atoms with Gasteiger partial charge in [0.15, 0.2) is 0 Å². The molecule has 148 valence electrons. The molecule has 1 N–H and O–H groups in total. The summed E-state index contributed by atoms with van der Waals surface area (Å²) in [4.78, 5) is 19.1. The Hall–Kier alpha value is -2.25. The predicted molar refractivity (Wildman–Crippen MR) is 110 cm³/mol. The Kier molecular flexibility index (Phi) is 5.73. The van der Waals surface area contributed by atoms with Gasteiger partial charge in [0.25, 0.3) is 0 Å². The molecule has 4 rings (SSSR count). The van der Waals surface area contributed by atoms with Crippen molar-refractivity contribution in [1.29, 1.82) is 0 Å². The fourth-order valence-electron chi connectivity index (χ4n) is 3.77. The number of aromatic hydroxyl groups is 1. The summed E-state index contributed by atoms with van der Waals surface area (Å²) in [7, 11) is 0. The van der Waals surface area contributed by atoms with E-state index in [1.807, 2.05) is 23.1 Å². The summed E-state index contributed by atoms with van der Waals surface area (Å²) < 4.78 is 14.2. The number of benzene rings is 2. The van der Waals surface area contributed by atoms with Crippen LogP contribution >= 0.6 is 11.8 Å². The average Bonchev–Trinajstić information content (AvgIpc) is 3.19. The number of hydrogen-bond donors (Lipinski definition) is 1. The number of anilines is 1. The smallest absolute Gasteiger partial charge is 0.237 e. The molecule has 5 nitrogen and oxygen atoms in total. The third-order valence-electron chi connectivity index (χ3n) is 5.33. The normalized spacial score (nSPS) is 20.5. The second-order valence-electron chi connectivity index (χ2n) is 7.11. The van der Waals surface area contributed by atoms with Crippen molar-refractivity contribution in [2.75, 3.05) is 49.9 Å². The van der Waals surface area contributed by atoms with E-state index in [0.717, 1.165) is 37.6 Å². The summed E-state index contributed by atoms with van der Waals surface area (Å²) >= 11 is 1.62. The number of phenols is 1. The van der Waals surface area contributed by atoms with Gasteiger partial charge in [-0.2, -0.15) is 0 Å². The van der Waals surface area contributed by atoms with Crippen LogP contribution in [0.3, 0.4) is 0 Å². The van der Waals surface area contributed by atoms with Gasteiger partial charge in [0.1, 0.15) is 16.9 Å². The molecule has 2 aliphatic rings. The number of piperazine rings is 1. The van der Waals surface area contributed by atoms with E-state index in [1.54, 1.807) is 36.0 Å². The van der Waals surface area contributed by atoms with Gasteiger partial charge in [-0.15, -0.1) is 11.8 Å². The van der Waals surface area contributed by atoms with Crippen LogP contribution in [0.15, 0.2) is 48.5 Å². The maximum atomic E-state index is 14.2. The molecule has 0 bridgehead atoms. The lowest BCUT2D eigenvalue weighted by Crippen LogP contribution is -2.50. The SMILES string of the molecule is O=C(CN1CCN(c2ccc(O)cc2)CC1)N1CCS[C@@H]1c1ccccc1F. The molecule has 0 saturated carbocycles. The number of phenolic OH excluding ortho intramolecular Hbond substituents is 1. The Morgan fingerprint density at radius 2 is 1.75 bits per heavy atom. The molecule has 0 aliphatic carbocycles. The number of carbonyl (C=O) groups excluding carboxylic acids is 1. The summed E-state index contributed by atoms with van der Waals surface area (Å²) in [6.07, 6.45) is 0. The third-order valence-corrected chi connectivity index (χ3v) is 6.57. The van der Waals surface area contributed by atoms with Gasteiger partial charge < -0.3 is 14.9 Å². The number of rotatable bonds is 4.